The molecule has 14 aromatic rings. The molecule has 2 amide bonds. The normalized spacial score (nSPS) is 19.6. The minimum atomic E-state index is -0.991. The third kappa shape index (κ3) is 18.9. The van der Waals surface area contributed by atoms with Crippen LogP contribution in [0.5, 0.6) is 0 Å². The van der Waals surface area contributed by atoms with Crippen molar-refractivity contribution in [3.8, 4) is 33.6 Å². The van der Waals surface area contributed by atoms with Gasteiger partial charge in [-0.2, -0.15) is 24.3 Å². The average Bonchev–Trinajstić information content (AvgIpc) is 1.60. The second-order valence-electron chi connectivity index (χ2n) is 34.3. The van der Waals surface area contributed by atoms with E-state index in [2.05, 4.69) is 177 Å². The number of carbonyl (C=O) groups is 3. The van der Waals surface area contributed by atoms with Crippen molar-refractivity contribution in [2.45, 2.75) is 108 Å². The Morgan fingerprint density at radius 2 is 0.841 bits per heavy atom. The van der Waals surface area contributed by atoms with Gasteiger partial charge in [-0.1, -0.05) is 60.7 Å². The molecule has 6 atom stereocenters. The summed E-state index contributed by atoms with van der Waals surface area (Å²) in [5.74, 6) is 0.822. The summed E-state index contributed by atoms with van der Waals surface area (Å²) in [7, 11) is 12.4. The van der Waals surface area contributed by atoms with E-state index in [1.807, 2.05) is 113 Å². The number of benzene rings is 2. The quantitative estimate of drug-likeness (QED) is 0.0289. The molecule has 0 bridgehead atoms. The van der Waals surface area contributed by atoms with Crippen molar-refractivity contribution < 1.29 is 34.8 Å². The third-order valence-electron chi connectivity index (χ3n) is 25.7. The molecule has 0 radical (unpaired) electrons. The number of nitrogens with two attached hydrogens (primary N) is 1. The highest BCUT2D eigenvalue weighted by Gasteiger charge is 2.35. The topological polar surface area (TPSA) is 351 Å². The summed E-state index contributed by atoms with van der Waals surface area (Å²) in [5.41, 5.74) is 18.2. The van der Waals surface area contributed by atoms with E-state index in [0.29, 0.717) is 53.9 Å². The van der Waals surface area contributed by atoms with Crippen LogP contribution < -0.4 is 31.5 Å². The Morgan fingerprint density at radius 1 is 0.444 bits per heavy atom. The highest BCUT2D eigenvalue weighted by atomic mass is 16.4. The molecule has 6 aliphatic rings. The number of carbonyl (C=O) groups excluding carboxylic acids is 2. The zero-order valence-corrected chi connectivity index (χ0v) is 72.5. The van der Waals surface area contributed by atoms with Crippen LogP contribution in [0.25, 0.3) is 83.6 Å². The molecule has 15 heterocycles. The van der Waals surface area contributed by atoms with E-state index < -0.39 is 18.2 Å². The molecule has 2 unspecified atom stereocenters. The number of likely N-dealkylation sites (N-methyl/N-ethyl adjacent to an activating group) is 3. The molecule has 20 rings (SSSR count). The van der Waals surface area contributed by atoms with Crippen LogP contribution in [0.15, 0.2) is 177 Å². The summed E-state index contributed by atoms with van der Waals surface area (Å²) in [4.78, 5) is 81.5. The van der Waals surface area contributed by atoms with E-state index >= 15 is 0 Å². The van der Waals surface area contributed by atoms with E-state index in [-0.39, 0.29) is 41.6 Å². The first kappa shape index (κ1) is 86.0. The number of piperazine rings is 3. The summed E-state index contributed by atoms with van der Waals surface area (Å²) in [5, 5.41) is 64.1. The largest absolute Gasteiger partial charge is 0.478 e. The number of rotatable bonds is 24. The second kappa shape index (κ2) is 38.4. The van der Waals surface area contributed by atoms with Crippen molar-refractivity contribution in [3.05, 3.63) is 205 Å². The van der Waals surface area contributed by atoms with Crippen LogP contribution in [0.1, 0.15) is 80.7 Å². The second-order valence-corrected chi connectivity index (χ2v) is 34.3. The smallest absolute Gasteiger partial charge is 0.339 e. The minimum Gasteiger partial charge on any atom is -0.478 e. The van der Waals surface area contributed by atoms with E-state index in [0.717, 1.165) is 239 Å². The number of aromatic nitrogens is 14. The standard InChI is InChI=1S/C33H39N9O2.C30H33N7O2.C26H33N9O2.C4H9NO/c1-38-13-15-40(16-14-38)17-18-41-22-26(24-9-6-12-34-31(24)41)28-19-30(39(2)21-23-7-4-3-5-8-23)42-32(36-28)25(20-35-42)33(44)37-27-10-11-29(27)43;1-33-11-13-35(14-12-33)15-16-36-21-26(24-9-6-10-31-29(24)36)23-17-27-25(30(38)39)19-32-37(27)28(18-23)34(2)20-22-7-4-3-5-8-22;1-27-23-14-21(30-25-18(15-29-35(23)25)26(37)31-20-5-6-22(20)36)19-16-34(24-17(19)4-3-7-28-24)13-12-33-10-8-32(2)9-11-33;5-3-1-2-4(3)6/h3-9,12,19-20,22,27,29,43H,10-11,13-18,21H2,1-2H3,(H,37,44);3-10,17-19,21H,11-16,20H2,1-2H3,(H,38,39);3-4,7,14-16,20,22,27,36H,5-6,8-13H2,1-2H3,(H,31,37);3-4,6H,1-2,5H2/t27?,29-;;20?,22-;3-,4-/m0.00/s1. The third-order valence-corrected chi connectivity index (χ3v) is 25.7. The fourth-order valence-electron chi connectivity index (χ4n) is 17.3. The van der Waals surface area contributed by atoms with Crippen molar-refractivity contribution in [1.82, 2.24) is 107 Å². The van der Waals surface area contributed by atoms with Crippen molar-refractivity contribution in [2.75, 3.05) is 156 Å². The first-order valence-electron chi connectivity index (χ1n) is 43.9. The van der Waals surface area contributed by atoms with Crippen molar-refractivity contribution in [2.24, 2.45) is 5.73 Å². The Morgan fingerprint density at radius 3 is 1.25 bits per heavy atom. The van der Waals surface area contributed by atoms with Gasteiger partial charge in [0.2, 0.25) is 0 Å². The monoisotopic (exact) mass is 1710 g/mol. The SMILES string of the molecule is CN1CCN(CCn2cc(-c3cc(N(C)Cc4ccccc4)n4ncc(C(=O)NC5CC[C@@H]5O)c4n3)c3cccnc32)CC1.CN1CCN(CCn2cc(-c3cc(N(C)Cc4ccccc4)n4ncc(C(=O)O)c4c3)c3cccnc32)CC1.CNc1cc(-c2cn(CCN3CCN(C)CC3)c3ncccc23)nc2c(C(=O)NC3CC[C@@H]3O)cnn12.N[C@H]1CC[C@@H]1O. The van der Waals surface area contributed by atoms with Crippen molar-refractivity contribution >= 4 is 85.1 Å². The Balaban J connectivity index is 0.000000129. The first-order chi connectivity index (χ1) is 61.2. The Labute approximate surface area is 731 Å². The van der Waals surface area contributed by atoms with Crippen LogP contribution in [0, 0.1) is 0 Å². The molecule has 33 heteroatoms. The Kier molecular flexibility index (Phi) is 26.2. The fourth-order valence-corrected chi connectivity index (χ4v) is 17.3. The number of aromatic carboxylic acids is 1. The summed E-state index contributed by atoms with van der Waals surface area (Å²) in [6.45, 7) is 19.6. The molecule has 3 aliphatic carbocycles. The number of carboxylic acid groups (broad SMARTS) is 1. The number of carboxylic acids is 1. The highest BCUT2D eigenvalue weighted by molar-refractivity contribution is 6.03. The molecule has 126 heavy (non-hydrogen) atoms. The number of aliphatic hydroxyl groups excluding tert-OH is 3. The number of hydrogen-bond acceptors (Lipinski definition) is 24. The van der Waals surface area contributed by atoms with E-state index in [4.69, 9.17) is 30.8 Å². The molecule has 33 nitrogen and oxygen atoms in total. The first-order valence-corrected chi connectivity index (χ1v) is 43.9. The zero-order chi connectivity index (χ0) is 87.2. The van der Waals surface area contributed by atoms with Crippen LogP contribution >= 0.6 is 0 Å². The highest BCUT2D eigenvalue weighted by Crippen LogP contribution is 2.38. The summed E-state index contributed by atoms with van der Waals surface area (Å²) >= 11 is 0. The number of anilines is 3. The number of nitrogens with zero attached hydrogens (tertiary/aromatic N) is 22. The van der Waals surface area contributed by atoms with Gasteiger partial charge in [0.15, 0.2) is 11.3 Å². The minimum absolute atomic E-state index is 0.0880. The molecule has 3 saturated carbocycles. The van der Waals surface area contributed by atoms with Gasteiger partial charge in [0, 0.05) is 240 Å². The van der Waals surface area contributed by atoms with Crippen LogP contribution in [0.3, 0.4) is 0 Å². The van der Waals surface area contributed by atoms with Gasteiger partial charge in [-0.15, -0.1) is 0 Å². The van der Waals surface area contributed by atoms with Crippen LogP contribution in [-0.4, -0.2) is 312 Å². The van der Waals surface area contributed by atoms with Gasteiger partial charge in [-0.25, -0.2) is 34.2 Å². The van der Waals surface area contributed by atoms with E-state index in [9.17, 15) is 29.7 Å². The molecule has 0 spiro atoms. The van der Waals surface area contributed by atoms with Gasteiger partial charge in [-0.3, -0.25) is 24.3 Å². The van der Waals surface area contributed by atoms with Crippen molar-refractivity contribution in [1.29, 1.82) is 0 Å². The summed E-state index contributed by atoms with van der Waals surface area (Å²) in [6.07, 6.45) is 20.1. The molecule has 2 aromatic carbocycles. The number of hydrogen-bond donors (Lipinski definition) is 8. The molecule has 6 fully saturated rings. The Hall–Kier alpha value is -12.2. The number of amides is 2. The van der Waals surface area contributed by atoms with E-state index in [1.54, 1.807) is 19.7 Å². The lowest BCUT2D eigenvalue weighted by Gasteiger charge is -2.32. The molecular weight excluding hydrogens is 1590 g/mol. The Bertz CT molecular complexity index is 6130. The maximum absolute atomic E-state index is 13.4. The maximum Gasteiger partial charge on any atom is 0.339 e. The lowest BCUT2D eigenvalue weighted by Crippen LogP contribution is -2.50. The molecule has 658 valence electrons. The van der Waals surface area contributed by atoms with Crippen LogP contribution in [0.2, 0.25) is 0 Å². The van der Waals surface area contributed by atoms with Gasteiger partial charge in [-0.05, 0) is 125 Å². The number of aliphatic hydroxyl groups is 3. The molecule has 9 N–H and O–H groups in total. The molecular formula is C93H114N26O7. The lowest BCUT2D eigenvalue weighted by atomic mass is 9.89. The summed E-state index contributed by atoms with van der Waals surface area (Å²) < 4.78 is 11.8. The van der Waals surface area contributed by atoms with E-state index in [1.165, 1.54) is 12.4 Å². The zero-order valence-electron chi connectivity index (χ0n) is 72.5. The van der Waals surface area contributed by atoms with Crippen LogP contribution in [-0.2, 0) is 32.7 Å². The molecule has 3 saturated heterocycles. The van der Waals surface area contributed by atoms with Crippen molar-refractivity contribution in [3.63, 3.8) is 0 Å². The average molecular weight is 1710 g/mol. The maximum atomic E-state index is 13.4. The van der Waals surface area contributed by atoms with Crippen LogP contribution in [0.4, 0.5) is 17.5 Å². The fraction of sp³-hybridized carbons (Fsp3) is 0.409. The number of fused-ring (bicyclic) bond motifs is 6. The summed E-state index contributed by atoms with van der Waals surface area (Å²) in [6, 6.07) is 40.2. The lowest BCUT2D eigenvalue weighted by molar-refractivity contribution is 0.0448. The number of pyridine rings is 4. The predicted molar refractivity (Wildman–Crippen MR) is 489 cm³/mol. The van der Waals surface area contributed by atoms with Gasteiger partial charge in [0.1, 0.15) is 51.1 Å². The van der Waals surface area contributed by atoms with Gasteiger partial charge in [0.25, 0.3) is 11.8 Å². The predicted octanol–water partition coefficient (Wildman–Crippen LogP) is 7.57. The molecule has 3 aliphatic heterocycles. The van der Waals surface area contributed by atoms with Gasteiger partial charge in [0.05, 0.1) is 65.9 Å². The molecule has 12 aromatic heterocycles. The number of nitrogens with one attached hydrogen (secondary N) is 3. The van der Waals surface area contributed by atoms with Gasteiger partial charge >= 0.3 is 5.97 Å². The van der Waals surface area contributed by atoms with Gasteiger partial charge < -0.3 is 80.3 Å².